The number of urea groups is 1. The van der Waals surface area contributed by atoms with Crippen LogP contribution in [0.1, 0.15) is 56.5 Å². The lowest BCUT2D eigenvalue weighted by molar-refractivity contribution is -0.155. The van der Waals surface area contributed by atoms with Gasteiger partial charge in [-0.2, -0.15) is 0 Å². The summed E-state index contributed by atoms with van der Waals surface area (Å²) in [6.07, 6.45) is 1.91. The van der Waals surface area contributed by atoms with Crippen LogP contribution >= 0.6 is 0 Å². The number of carbonyl (C=O) groups excluding carboxylic acids is 3. The molecule has 8 nitrogen and oxygen atoms in total. The number of hydrogen-bond acceptors (Lipinski definition) is 5. The molecule has 0 radical (unpaired) electrons. The van der Waals surface area contributed by atoms with Crippen LogP contribution in [0.25, 0.3) is 11.1 Å². The summed E-state index contributed by atoms with van der Waals surface area (Å²) in [5.74, 6) is -0.556. The minimum Gasteiger partial charge on any atom is -0.460 e. The van der Waals surface area contributed by atoms with Gasteiger partial charge in [0.25, 0.3) is 5.91 Å². The highest BCUT2D eigenvalue weighted by molar-refractivity contribution is 5.94. The van der Waals surface area contributed by atoms with E-state index in [1.54, 1.807) is 12.1 Å². The number of nitrogens with zero attached hydrogens (tertiary/aromatic N) is 2. The topological polar surface area (TPSA) is 99.2 Å². The minimum atomic E-state index is -0.541. The molecule has 0 aromatic heterocycles. The number of hydrogen-bond donors (Lipinski definition) is 2. The van der Waals surface area contributed by atoms with Crippen molar-refractivity contribution in [2.75, 3.05) is 26.2 Å². The maximum atomic E-state index is 12.5. The number of aryl methyl sites for hydroxylation is 1. The fourth-order valence-corrected chi connectivity index (χ4v) is 4.18. The molecule has 8 heteroatoms. The van der Waals surface area contributed by atoms with Crippen LogP contribution in [0.4, 0.5) is 4.79 Å². The van der Waals surface area contributed by atoms with Gasteiger partial charge in [-0.25, -0.2) is 9.86 Å². The number of hydroxylamine groups is 2. The van der Waals surface area contributed by atoms with Crippen molar-refractivity contribution >= 4 is 17.9 Å². The summed E-state index contributed by atoms with van der Waals surface area (Å²) in [6.45, 7) is 8.48. The van der Waals surface area contributed by atoms with Gasteiger partial charge in [0, 0.05) is 25.2 Å². The summed E-state index contributed by atoms with van der Waals surface area (Å²) >= 11 is 0. The lowest BCUT2D eigenvalue weighted by Crippen LogP contribution is -2.43. The van der Waals surface area contributed by atoms with Crippen LogP contribution < -0.4 is 5.32 Å². The number of esters is 1. The molecule has 3 rings (SSSR count). The van der Waals surface area contributed by atoms with Crippen LogP contribution in [0.2, 0.25) is 0 Å². The molecule has 2 aromatic rings. The second kappa shape index (κ2) is 12.0. The first-order valence-corrected chi connectivity index (χ1v) is 12.5. The predicted molar refractivity (Wildman–Crippen MR) is 138 cm³/mol. The Hall–Kier alpha value is -3.39. The van der Waals surface area contributed by atoms with Gasteiger partial charge in [-0.3, -0.25) is 14.8 Å². The molecule has 0 bridgehead atoms. The first-order valence-electron chi connectivity index (χ1n) is 12.5. The molecule has 36 heavy (non-hydrogen) atoms. The van der Waals surface area contributed by atoms with Crippen molar-refractivity contribution in [1.29, 1.82) is 0 Å². The van der Waals surface area contributed by atoms with E-state index in [0.29, 0.717) is 30.1 Å². The van der Waals surface area contributed by atoms with Crippen molar-refractivity contribution in [2.45, 2.75) is 52.6 Å². The first kappa shape index (κ1) is 27.2. The zero-order chi connectivity index (χ0) is 26.3. The van der Waals surface area contributed by atoms with Crippen LogP contribution in [0.15, 0.2) is 48.5 Å². The van der Waals surface area contributed by atoms with Gasteiger partial charge in [0.1, 0.15) is 5.60 Å². The van der Waals surface area contributed by atoms with Gasteiger partial charge in [0.05, 0.1) is 13.0 Å². The van der Waals surface area contributed by atoms with Crippen LogP contribution in [-0.2, 0) is 16.0 Å². The third-order valence-corrected chi connectivity index (χ3v) is 6.10. The summed E-state index contributed by atoms with van der Waals surface area (Å²) in [7, 11) is 0. The van der Waals surface area contributed by atoms with E-state index < -0.39 is 11.6 Å². The molecule has 1 fully saturated rings. The fourth-order valence-electron chi connectivity index (χ4n) is 4.18. The van der Waals surface area contributed by atoms with E-state index in [0.717, 1.165) is 17.5 Å². The predicted octanol–water partition coefficient (Wildman–Crippen LogP) is 4.51. The van der Waals surface area contributed by atoms with Gasteiger partial charge in [-0.15, -0.1) is 0 Å². The Morgan fingerprint density at radius 3 is 2.25 bits per heavy atom. The molecule has 1 atom stereocenters. The lowest BCUT2D eigenvalue weighted by Gasteiger charge is -2.23. The monoisotopic (exact) mass is 495 g/mol. The molecular formula is C28H37N3O5. The number of likely N-dealkylation sites (tertiary alicyclic amines) is 1. The quantitative estimate of drug-likeness (QED) is 0.319. The Kier molecular flexibility index (Phi) is 9.09. The zero-order valence-electron chi connectivity index (χ0n) is 21.6. The molecule has 0 saturated carbocycles. The highest BCUT2D eigenvalue weighted by atomic mass is 16.6. The zero-order valence-corrected chi connectivity index (χ0v) is 21.6. The number of carbonyl (C=O) groups is 3. The maximum Gasteiger partial charge on any atom is 0.343 e. The van der Waals surface area contributed by atoms with Crippen LogP contribution in [0.5, 0.6) is 0 Å². The van der Waals surface area contributed by atoms with E-state index in [2.05, 4.69) is 36.5 Å². The smallest absolute Gasteiger partial charge is 0.343 e. The molecule has 1 aliphatic heterocycles. The van der Waals surface area contributed by atoms with Crippen molar-refractivity contribution in [1.82, 2.24) is 15.3 Å². The Morgan fingerprint density at radius 2 is 1.67 bits per heavy atom. The van der Waals surface area contributed by atoms with Gasteiger partial charge in [0.15, 0.2) is 0 Å². The normalized spacial score (nSPS) is 15.5. The molecule has 0 spiro atoms. The minimum absolute atomic E-state index is 0.00413. The van der Waals surface area contributed by atoms with Crippen molar-refractivity contribution in [3.05, 3.63) is 59.7 Å². The van der Waals surface area contributed by atoms with Gasteiger partial charge >= 0.3 is 12.0 Å². The standard InChI is InChI=1S/C28H37N3O5/c1-5-20-6-8-22(9-7-20)23-10-12-24(13-11-23)26(33)29-15-17-31(35)27(34)30-16-14-21(19-30)18-25(32)36-28(2,3)4/h6-13,21,35H,5,14-19H2,1-4H3,(H,29,33). The highest BCUT2D eigenvalue weighted by Crippen LogP contribution is 2.23. The Balaban J connectivity index is 1.41. The van der Waals surface area contributed by atoms with Gasteiger partial charge < -0.3 is 15.0 Å². The molecule has 1 unspecified atom stereocenters. The summed E-state index contributed by atoms with van der Waals surface area (Å²) in [6, 6.07) is 15.1. The lowest BCUT2D eigenvalue weighted by atomic mass is 10.0. The second-order valence-corrected chi connectivity index (χ2v) is 10.2. The van der Waals surface area contributed by atoms with Crippen LogP contribution in [-0.4, -0.2) is 64.9 Å². The summed E-state index contributed by atoms with van der Waals surface area (Å²) in [5.41, 5.74) is 3.35. The summed E-state index contributed by atoms with van der Waals surface area (Å²) in [4.78, 5) is 38.6. The summed E-state index contributed by atoms with van der Waals surface area (Å²) < 4.78 is 5.35. The maximum absolute atomic E-state index is 12.5. The van der Waals surface area contributed by atoms with Gasteiger partial charge in [-0.1, -0.05) is 43.3 Å². The van der Waals surface area contributed by atoms with Crippen LogP contribution in [0.3, 0.4) is 0 Å². The SMILES string of the molecule is CCc1ccc(-c2ccc(C(=O)NCCN(O)C(=O)N3CCC(CC(=O)OC(C)(C)C)C3)cc2)cc1. The van der Waals surface area contributed by atoms with E-state index in [1.165, 1.54) is 10.5 Å². The molecule has 2 N–H and O–H groups in total. The molecule has 2 aromatic carbocycles. The third kappa shape index (κ3) is 7.81. The van der Waals surface area contributed by atoms with E-state index in [9.17, 15) is 19.6 Å². The number of benzene rings is 2. The molecule has 0 aliphatic carbocycles. The molecule has 1 saturated heterocycles. The van der Waals surface area contributed by atoms with Crippen molar-refractivity contribution in [3.63, 3.8) is 0 Å². The molecular weight excluding hydrogens is 458 g/mol. The second-order valence-electron chi connectivity index (χ2n) is 10.2. The number of rotatable bonds is 8. The largest absolute Gasteiger partial charge is 0.460 e. The number of nitrogens with one attached hydrogen (secondary N) is 1. The van der Waals surface area contributed by atoms with E-state index in [1.807, 2.05) is 32.9 Å². The third-order valence-electron chi connectivity index (χ3n) is 6.10. The van der Waals surface area contributed by atoms with Crippen molar-refractivity contribution in [3.8, 4) is 11.1 Å². The highest BCUT2D eigenvalue weighted by Gasteiger charge is 2.31. The number of ether oxygens (including phenoxy) is 1. The van der Waals surface area contributed by atoms with Crippen molar-refractivity contribution in [2.24, 2.45) is 5.92 Å². The van der Waals surface area contributed by atoms with E-state index in [-0.39, 0.29) is 37.3 Å². The van der Waals surface area contributed by atoms with Gasteiger partial charge in [0.2, 0.25) is 0 Å². The van der Waals surface area contributed by atoms with Crippen molar-refractivity contribution < 1.29 is 24.3 Å². The Labute approximate surface area is 213 Å². The fraction of sp³-hybridized carbons (Fsp3) is 0.464. The molecule has 1 aliphatic rings. The average molecular weight is 496 g/mol. The summed E-state index contributed by atoms with van der Waals surface area (Å²) in [5, 5.41) is 13.5. The molecule has 3 amide bonds. The van der Waals surface area contributed by atoms with E-state index in [4.69, 9.17) is 4.74 Å². The number of amides is 3. The van der Waals surface area contributed by atoms with Crippen LogP contribution in [0, 0.1) is 5.92 Å². The molecule has 1 heterocycles. The Bertz CT molecular complexity index is 1040. The van der Waals surface area contributed by atoms with E-state index >= 15 is 0 Å². The average Bonchev–Trinajstić information content (AvgIpc) is 3.30. The molecule has 194 valence electrons. The Morgan fingerprint density at radius 1 is 1.06 bits per heavy atom. The van der Waals surface area contributed by atoms with Gasteiger partial charge in [-0.05, 0) is 68.4 Å². The first-order chi connectivity index (χ1) is 17.1.